The van der Waals surface area contributed by atoms with Gasteiger partial charge in [-0.2, -0.15) is 0 Å². The molecule has 2 N–H and O–H groups in total. The number of anilines is 1. The molecule has 0 saturated carbocycles. The number of sulfonamides is 1. The van der Waals surface area contributed by atoms with Crippen LogP contribution in [0.15, 0.2) is 18.2 Å². The van der Waals surface area contributed by atoms with Crippen LogP contribution in [0.2, 0.25) is 0 Å². The van der Waals surface area contributed by atoms with Crippen LogP contribution in [0, 0.1) is 17.0 Å². The van der Waals surface area contributed by atoms with Crippen LogP contribution in [0.25, 0.3) is 0 Å². The molecule has 0 heterocycles. The predicted molar refractivity (Wildman–Crippen MR) is 83.0 cm³/mol. The summed E-state index contributed by atoms with van der Waals surface area (Å²) >= 11 is 0. The van der Waals surface area contributed by atoms with Crippen molar-refractivity contribution in [2.45, 2.75) is 33.2 Å². The summed E-state index contributed by atoms with van der Waals surface area (Å²) in [5.74, 6) is -0.0329. The van der Waals surface area contributed by atoms with Crippen molar-refractivity contribution in [2.75, 3.05) is 17.0 Å². The molecule has 0 saturated heterocycles. The third-order valence-electron chi connectivity index (χ3n) is 2.91. The number of nitrogens with one attached hydrogen (secondary N) is 2. The second-order valence-electron chi connectivity index (χ2n) is 5.09. The Bertz CT molecular complexity index is 599. The van der Waals surface area contributed by atoms with Crippen LogP contribution < -0.4 is 10.0 Å². The highest BCUT2D eigenvalue weighted by Gasteiger charge is 2.17. The van der Waals surface area contributed by atoms with Gasteiger partial charge in [-0.05, 0) is 26.0 Å². The first-order valence-corrected chi connectivity index (χ1v) is 8.36. The average Bonchev–Trinajstić information content (AvgIpc) is 2.36. The van der Waals surface area contributed by atoms with Crippen LogP contribution in [0.4, 0.5) is 11.4 Å². The van der Waals surface area contributed by atoms with Crippen LogP contribution in [-0.4, -0.2) is 31.7 Å². The van der Waals surface area contributed by atoms with Gasteiger partial charge in [0.15, 0.2) is 0 Å². The molecular weight excluding hydrogens is 294 g/mol. The van der Waals surface area contributed by atoms with Gasteiger partial charge in [-0.25, -0.2) is 8.42 Å². The smallest absolute Gasteiger partial charge is 0.274 e. The lowest BCUT2D eigenvalue weighted by molar-refractivity contribution is -0.385. The van der Waals surface area contributed by atoms with Crippen molar-refractivity contribution in [3.05, 3.63) is 33.9 Å². The fourth-order valence-corrected chi connectivity index (χ4v) is 2.99. The first-order valence-electron chi connectivity index (χ1n) is 6.71. The SMILES string of the molecule is Cc1c(NS(=O)(=O)CCCNC(C)C)cccc1[N+](=O)[O-]. The van der Waals surface area contributed by atoms with Crippen molar-refractivity contribution in [3.63, 3.8) is 0 Å². The van der Waals surface area contributed by atoms with Crippen molar-refractivity contribution in [2.24, 2.45) is 0 Å². The molecule has 0 atom stereocenters. The van der Waals surface area contributed by atoms with E-state index in [2.05, 4.69) is 10.0 Å². The van der Waals surface area contributed by atoms with Crippen LogP contribution in [0.1, 0.15) is 25.8 Å². The molecule has 118 valence electrons. The number of nitro groups is 1. The molecule has 0 radical (unpaired) electrons. The summed E-state index contributed by atoms with van der Waals surface area (Å²) in [6, 6.07) is 4.63. The van der Waals surface area contributed by atoms with E-state index in [-0.39, 0.29) is 17.1 Å². The van der Waals surface area contributed by atoms with E-state index >= 15 is 0 Å². The second-order valence-corrected chi connectivity index (χ2v) is 6.93. The highest BCUT2D eigenvalue weighted by molar-refractivity contribution is 7.92. The minimum Gasteiger partial charge on any atom is -0.314 e. The Morgan fingerprint density at radius 3 is 2.57 bits per heavy atom. The Morgan fingerprint density at radius 2 is 2.00 bits per heavy atom. The molecule has 1 aromatic rings. The molecular formula is C13H21N3O4S. The molecule has 0 aliphatic carbocycles. The molecule has 0 fully saturated rings. The third kappa shape index (κ3) is 5.68. The Morgan fingerprint density at radius 1 is 1.33 bits per heavy atom. The summed E-state index contributed by atoms with van der Waals surface area (Å²) in [5.41, 5.74) is 0.462. The van der Waals surface area contributed by atoms with E-state index in [0.29, 0.717) is 24.6 Å². The van der Waals surface area contributed by atoms with Crippen LogP contribution in [-0.2, 0) is 10.0 Å². The minimum absolute atomic E-state index is 0.0329. The second kappa shape index (κ2) is 7.37. The van der Waals surface area contributed by atoms with Gasteiger partial charge < -0.3 is 5.32 Å². The zero-order valence-electron chi connectivity index (χ0n) is 12.4. The van der Waals surface area contributed by atoms with Crippen molar-refractivity contribution >= 4 is 21.4 Å². The predicted octanol–water partition coefficient (Wildman–Crippen LogP) is 2.03. The molecule has 0 amide bonds. The number of rotatable bonds is 8. The van der Waals surface area contributed by atoms with Gasteiger partial charge in [-0.1, -0.05) is 19.9 Å². The maximum atomic E-state index is 12.0. The van der Waals surface area contributed by atoms with E-state index in [4.69, 9.17) is 0 Å². The monoisotopic (exact) mass is 315 g/mol. The van der Waals surface area contributed by atoms with E-state index in [1.54, 1.807) is 0 Å². The number of hydrogen-bond donors (Lipinski definition) is 2. The summed E-state index contributed by atoms with van der Waals surface area (Å²) in [6.45, 7) is 6.10. The Kier molecular flexibility index (Phi) is 6.10. The first-order chi connectivity index (χ1) is 9.73. The first kappa shape index (κ1) is 17.4. The maximum absolute atomic E-state index is 12.0. The van der Waals surface area contributed by atoms with Gasteiger partial charge in [0, 0.05) is 12.1 Å². The fraction of sp³-hybridized carbons (Fsp3) is 0.538. The molecule has 0 aliphatic rings. The highest BCUT2D eigenvalue weighted by atomic mass is 32.2. The topological polar surface area (TPSA) is 101 Å². The van der Waals surface area contributed by atoms with Crippen molar-refractivity contribution < 1.29 is 13.3 Å². The molecule has 0 aromatic heterocycles. The van der Waals surface area contributed by atoms with Gasteiger partial charge in [0.1, 0.15) is 0 Å². The molecule has 0 bridgehead atoms. The average molecular weight is 315 g/mol. The lowest BCUT2D eigenvalue weighted by atomic mass is 10.2. The van der Waals surface area contributed by atoms with Crippen molar-refractivity contribution in [1.82, 2.24) is 5.32 Å². The van der Waals surface area contributed by atoms with Crippen LogP contribution in [0.5, 0.6) is 0 Å². The summed E-state index contributed by atoms with van der Waals surface area (Å²) in [5, 5.41) is 14.0. The molecule has 1 aromatic carbocycles. The fourth-order valence-electron chi connectivity index (χ4n) is 1.80. The zero-order chi connectivity index (χ0) is 16.0. The molecule has 21 heavy (non-hydrogen) atoms. The summed E-state index contributed by atoms with van der Waals surface area (Å²) in [6.07, 6.45) is 0.474. The summed E-state index contributed by atoms with van der Waals surface area (Å²) in [4.78, 5) is 10.3. The molecule has 0 unspecified atom stereocenters. The zero-order valence-corrected chi connectivity index (χ0v) is 13.2. The van der Waals surface area contributed by atoms with Crippen molar-refractivity contribution in [1.29, 1.82) is 0 Å². The van der Waals surface area contributed by atoms with E-state index < -0.39 is 14.9 Å². The Hall–Kier alpha value is -1.67. The van der Waals surface area contributed by atoms with E-state index in [1.165, 1.54) is 25.1 Å². The van der Waals surface area contributed by atoms with Gasteiger partial charge in [0.25, 0.3) is 5.69 Å². The van der Waals surface area contributed by atoms with Gasteiger partial charge >= 0.3 is 0 Å². The van der Waals surface area contributed by atoms with Gasteiger partial charge in [-0.15, -0.1) is 0 Å². The summed E-state index contributed by atoms with van der Waals surface area (Å²) in [7, 11) is -3.51. The quantitative estimate of drug-likeness (QED) is 0.434. The van der Waals surface area contributed by atoms with Crippen LogP contribution >= 0.6 is 0 Å². The van der Waals surface area contributed by atoms with Gasteiger partial charge in [0.2, 0.25) is 10.0 Å². The lowest BCUT2D eigenvalue weighted by Crippen LogP contribution is -2.26. The Balaban J connectivity index is 2.72. The minimum atomic E-state index is -3.51. The number of benzene rings is 1. The third-order valence-corrected chi connectivity index (χ3v) is 4.27. The number of hydrogen-bond acceptors (Lipinski definition) is 5. The number of nitro benzene ring substituents is 1. The number of nitrogens with zero attached hydrogens (tertiary/aromatic N) is 1. The summed E-state index contributed by atoms with van der Waals surface area (Å²) < 4.78 is 26.3. The van der Waals surface area contributed by atoms with E-state index in [1.807, 2.05) is 13.8 Å². The maximum Gasteiger partial charge on any atom is 0.274 e. The van der Waals surface area contributed by atoms with Crippen molar-refractivity contribution in [3.8, 4) is 0 Å². The highest BCUT2D eigenvalue weighted by Crippen LogP contribution is 2.25. The molecule has 7 nitrogen and oxygen atoms in total. The molecule has 0 aliphatic heterocycles. The van der Waals surface area contributed by atoms with E-state index in [9.17, 15) is 18.5 Å². The lowest BCUT2D eigenvalue weighted by Gasteiger charge is -2.11. The van der Waals surface area contributed by atoms with E-state index in [0.717, 1.165) is 0 Å². The standard InChI is InChI=1S/C13H21N3O4S/c1-10(2)14-8-5-9-21(19,20)15-12-6-4-7-13(11(12)3)16(17)18/h4,6-7,10,14-15H,5,8-9H2,1-3H3. The van der Waals surface area contributed by atoms with Gasteiger partial charge in [0.05, 0.1) is 21.9 Å². The molecule has 0 spiro atoms. The molecule has 1 rings (SSSR count). The normalized spacial score (nSPS) is 11.6. The largest absolute Gasteiger partial charge is 0.314 e. The van der Waals surface area contributed by atoms with Gasteiger partial charge in [-0.3, -0.25) is 14.8 Å². The van der Waals surface area contributed by atoms with Crippen LogP contribution in [0.3, 0.4) is 0 Å². The molecule has 8 heteroatoms. The Labute approximate surface area is 124 Å².